The molecule has 4 heteroatoms. The van der Waals surface area contributed by atoms with E-state index in [1.165, 1.54) is 0 Å². The molecule has 0 fully saturated rings. The second-order valence-corrected chi connectivity index (χ2v) is 4.28. The van der Waals surface area contributed by atoms with Crippen molar-refractivity contribution in [2.75, 3.05) is 0 Å². The van der Waals surface area contributed by atoms with E-state index >= 15 is 0 Å². The molecule has 1 N–H and O–H groups in total. The summed E-state index contributed by atoms with van der Waals surface area (Å²) in [6.07, 6.45) is 0. The highest BCUT2D eigenvalue weighted by Gasteiger charge is 2.01. The molecule has 54 valence electrons. The van der Waals surface area contributed by atoms with Crippen LogP contribution in [0.25, 0.3) is 0 Å². The second kappa shape index (κ2) is 3.24. The molecule has 0 amide bonds. The number of phenols is 1. The molecule has 0 bridgehead atoms. The molecule has 0 aliphatic carbocycles. The van der Waals surface area contributed by atoms with Gasteiger partial charge in [0.15, 0.2) is 0 Å². The summed E-state index contributed by atoms with van der Waals surface area (Å²) < 4.78 is 2.44. The van der Waals surface area contributed by atoms with Gasteiger partial charge in [0.1, 0.15) is 5.75 Å². The third-order valence-corrected chi connectivity index (χ3v) is 3.47. The number of phenolic OH excluding ortho intramolecular Hbond substituents is 1. The fourth-order valence-corrected chi connectivity index (χ4v) is 1.84. The van der Waals surface area contributed by atoms with E-state index in [2.05, 4.69) is 47.8 Å². The summed E-state index contributed by atoms with van der Waals surface area (Å²) in [5.74, 6) is 0.232. The van der Waals surface area contributed by atoms with E-state index in [-0.39, 0.29) is 5.75 Å². The highest BCUT2D eigenvalue weighted by Crippen LogP contribution is 2.33. The molecule has 1 aromatic carbocycles. The number of benzene rings is 1. The topological polar surface area (TPSA) is 20.2 Å². The van der Waals surface area contributed by atoms with E-state index in [0.717, 1.165) is 8.95 Å². The van der Waals surface area contributed by atoms with Crippen LogP contribution in [0, 0.1) is 0 Å². The van der Waals surface area contributed by atoms with Crippen LogP contribution < -0.4 is 0 Å². The molecule has 10 heavy (non-hydrogen) atoms. The molecule has 0 aromatic heterocycles. The minimum absolute atomic E-state index is 0.232. The fraction of sp³-hybridized carbons (Fsp3) is 0. The Bertz CT molecular complexity index is 209. The van der Waals surface area contributed by atoms with Crippen molar-refractivity contribution in [2.45, 2.75) is 0 Å². The molecule has 1 rings (SSSR count). The van der Waals surface area contributed by atoms with Crippen molar-refractivity contribution < 1.29 is 5.11 Å². The molecule has 0 unspecified atom stereocenters. The van der Waals surface area contributed by atoms with Crippen molar-refractivity contribution in [1.29, 1.82) is 0 Å². The van der Waals surface area contributed by atoms with E-state index in [1.807, 2.05) is 0 Å². The van der Waals surface area contributed by atoms with Crippen LogP contribution in [-0.4, -0.2) is 5.11 Å². The molecule has 0 saturated carbocycles. The number of halogens is 3. The lowest BCUT2D eigenvalue weighted by Gasteiger charge is -1.98. The van der Waals surface area contributed by atoms with Crippen molar-refractivity contribution in [3.63, 3.8) is 0 Å². The summed E-state index contributed by atoms with van der Waals surface area (Å²) in [6, 6.07) is 3.40. The van der Waals surface area contributed by atoms with Gasteiger partial charge in [0.2, 0.25) is 0 Å². The zero-order chi connectivity index (χ0) is 7.72. The molecular formula is C6H3Br3O. The average molecular weight is 331 g/mol. The van der Waals surface area contributed by atoms with Gasteiger partial charge in [-0.2, -0.15) is 0 Å². The lowest BCUT2D eigenvalue weighted by atomic mass is 10.3. The average Bonchev–Trinajstić information content (AvgIpc) is 1.84. The third-order valence-electron chi connectivity index (χ3n) is 0.990. The van der Waals surface area contributed by atoms with Gasteiger partial charge in [-0.15, -0.1) is 0 Å². The minimum atomic E-state index is 0.232. The van der Waals surface area contributed by atoms with E-state index in [4.69, 9.17) is 5.11 Å². The van der Waals surface area contributed by atoms with Crippen LogP contribution in [0.5, 0.6) is 5.75 Å². The van der Waals surface area contributed by atoms with Gasteiger partial charge in [-0.05, 0) is 59.9 Å². The molecule has 0 spiro atoms. The molecule has 0 aliphatic rings. The second-order valence-electron chi connectivity index (χ2n) is 1.72. The molecule has 0 aliphatic heterocycles. The molecule has 0 saturated heterocycles. The van der Waals surface area contributed by atoms with Crippen LogP contribution in [0.4, 0.5) is 0 Å². The highest BCUT2D eigenvalue weighted by molar-refractivity contribution is 9.13. The zero-order valence-electron chi connectivity index (χ0n) is 4.74. The van der Waals surface area contributed by atoms with Gasteiger partial charge in [-0.3, -0.25) is 0 Å². The smallest absolute Gasteiger partial charge is 0.130 e. The maximum atomic E-state index is 9.13. The number of hydrogen-bond donors (Lipinski definition) is 1. The first kappa shape index (κ1) is 8.56. The summed E-state index contributed by atoms with van der Waals surface area (Å²) in [7, 11) is 0. The minimum Gasteiger partial charge on any atom is -0.507 e. The van der Waals surface area contributed by atoms with Crippen molar-refractivity contribution in [1.82, 2.24) is 0 Å². The SMILES string of the molecule is Oc1cc(Br)c(Br)cc1Br. The fourth-order valence-electron chi connectivity index (χ4n) is 0.512. The van der Waals surface area contributed by atoms with Crippen molar-refractivity contribution in [2.24, 2.45) is 0 Å². The quantitative estimate of drug-likeness (QED) is 0.719. The molecule has 0 atom stereocenters. The summed E-state index contributed by atoms with van der Waals surface area (Å²) >= 11 is 9.72. The molecule has 0 heterocycles. The summed E-state index contributed by atoms with van der Waals surface area (Å²) in [5, 5.41) is 9.13. The summed E-state index contributed by atoms with van der Waals surface area (Å²) in [6.45, 7) is 0. The Morgan fingerprint density at radius 3 is 1.90 bits per heavy atom. The highest BCUT2D eigenvalue weighted by atomic mass is 79.9. The Kier molecular flexibility index (Phi) is 2.77. The van der Waals surface area contributed by atoms with Crippen LogP contribution in [0.1, 0.15) is 0 Å². The number of rotatable bonds is 0. The zero-order valence-corrected chi connectivity index (χ0v) is 9.49. The number of aromatic hydroxyl groups is 1. The van der Waals surface area contributed by atoms with Crippen molar-refractivity contribution in [3.05, 3.63) is 25.6 Å². The monoisotopic (exact) mass is 328 g/mol. The van der Waals surface area contributed by atoms with Gasteiger partial charge in [0, 0.05) is 8.95 Å². The van der Waals surface area contributed by atoms with Crippen LogP contribution in [0.3, 0.4) is 0 Å². The molecule has 1 nitrogen and oxygen atoms in total. The van der Waals surface area contributed by atoms with Gasteiger partial charge < -0.3 is 5.11 Å². The third kappa shape index (κ3) is 1.74. The van der Waals surface area contributed by atoms with Crippen molar-refractivity contribution >= 4 is 47.8 Å². The normalized spacial score (nSPS) is 9.90. The predicted molar refractivity (Wildman–Crippen MR) is 51.2 cm³/mol. The first-order valence-electron chi connectivity index (χ1n) is 2.45. The van der Waals surface area contributed by atoms with Crippen molar-refractivity contribution in [3.8, 4) is 5.75 Å². The predicted octanol–water partition coefficient (Wildman–Crippen LogP) is 3.68. The maximum Gasteiger partial charge on any atom is 0.130 e. The van der Waals surface area contributed by atoms with Crippen LogP contribution in [0.15, 0.2) is 25.6 Å². The Morgan fingerprint density at radius 1 is 0.900 bits per heavy atom. The summed E-state index contributed by atoms with van der Waals surface area (Å²) in [4.78, 5) is 0. The van der Waals surface area contributed by atoms with Crippen LogP contribution >= 0.6 is 47.8 Å². The van der Waals surface area contributed by atoms with E-state index in [0.29, 0.717) is 4.47 Å². The van der Waals surface area contributed by atoms with Gasteiger partial charge in [-0.25, -0.2) is 0 Å². The lowest BCUT2D eigenvalue weighted by Crippen LogP contribution is -1.71. The van der Waals surface area contributed by atoms with Gasteiger partial charge in [-0.1, -0.05) is 0 Å². The van der Waals surface area contributed by atoms with Crippen LogP contribution in [-0.2, 0) is 0 Å². The van der Waals surface area contributed by atoms with Gasteiger partial charge >= 0.3 is 0 Å². The first-order valence-corrected chi connectivity index (χ1v) is 4.82. The molecular weight excluding hydrogens is 328 g/mol. The van der Waals surface area contributed by atoms with Gasteiger partial charge in [0.05, 0.1) is 4.47 Å². The van der Waals surface area contributed by atoms with E-state index < -0.39 is 0 Å². The number of hydrogen-bond acceptors (Lipinski definition) is 1. The largest absolute Gasteiger partial charge is 0.507 e. The Balaban J connectivity index is 3.28. The van der Waals surface area contributed by atoms with E-state index in [1.54, 1.807) is 12.1 Å². The molecule has 1 aromatic rings. The Hall–Kier alpha value is 0.460. The Morgan fingerprint density at radius 2 is 1.40 bits per heavy atom. The maximum absolute atomic E-state index is 9.13. The van der Waals surface area contributed by atoms with E-state index in [9.17, 15) is 0 Å². The molecule has 0 radical (unpaired) electrons. The standard InChI is InChI=1S/C6H3Br3O/c7-3-1-5(9)6(10)2-4(3)8/h1-2,10H. The summed E-state index contributed by atoms with van der Waals surface area (Å²) in [5.41, 5.74) is 0. The van der Waals surface area contributed by atoms with Gasteiger partial charge in [0.25, 0.3) is 0 Å². The lowest BCUT2D eigenvalue weighted by molar-refractivity contribution is 0.471. The van der Waals surface area contributed by atoms with Crippen LogP contribution in [0.2, 0.25) is 0 Å². The Labute approximate surface area is 83.8 Å². The first-order chi connectivity index (χ1) is 4.61.